The van der Waals surface area contributed by atoms with Crippen molar-refractivity contribution in [2.45, 2.75) is 45.4 Å². The zero-order valence-electron chi connectivity index (χ0n) is 13.1. The van der Waals surface area contributed by atoms with Gasteiger partial charge >= 0.3 is 0 Å². The number of aromatic nitrogens is 2. The first-order valence-electron chi connectivity index (χ1n) is 6.93. The predicted molar refractivity (Wildman–Crippen MR) is 83.9 cm³/mol. The Balaban J connectivity index is 2.98. The third kappa shape index (κ3) is 4.84. The van der Waals surface area contributed by atoms with Crippen LogP contribution in [0.15, 0.2) is 10.7 Å². The van der Waals surface area contributed by atoms with E-state index in [1.165, 1.54) is 0 Å². The molecule has 116 valence electrons. The Labute approximate surface area is 130 Å². The van der Waals surface area contributed by atoms with Gasteiger partial charge in [-0.15, -0.1) is 0 Å². The minimum Gasteiger partial charge on any atom is -0.383 e. The summed E-state index contributed by atoms with van der Waals surface area (Å²) in [7, 11) is 3.45. The maximum absolute atomic E-state index is 5.56. The molecule has 0 aliphatic rings. The molecule has 0 aliphatic heterocycles. The van der Waals surface area contributed by atoms with Crippen LogP contribution >= 0.6 is 15.9 Å². The minimum absolute atomic E-state index is 0.184. The molecule has 0 aromatic carbocycles. The van der Waals surface area contributed by atoms with E-state index in [2.05, 4.69) is 47.1 Å². The number of methoxy groups -OCH3 is 2. The van der Waals surface area contributed by atoms with E-state index >= 15 is 0 Å². The highest BCUT2D eigenvalue weighted by molar-refractivity contribution is 9.10. The van der Waals surface area contributed by atoms with Crippen molar-refractivity contribution in [3.63, 3.8) is 0 Å². The lowest BCUT2D eigenvalue weighted by Crippen LogP contribution is -2.33. The van der Waals surface area contributed by atoms with Crippen molar-refractivity contribution in [2.75, 3.05) is 27.4 Å². The third-order valence-corrected chi connectivity index (χ3v) is 3.98. The number of nitrogens with one attached hydrogen (secondary N) is 1. The second-order valence-electron chi connectivity index (χ2n) is 5.37. The average molecular weight is 348 g/mol. The Morgan fingerprint density at radius 2 is 2.15 bits per heavy atom. The van der Waals surface area contributed by atoms with Crippen LogP contribution in [0.1, 0.15) is 38.9 Å². The SMILES string of the molecule is CCNC(CC(C)(C)OC)c1c(Br)cnn1CCOC. The summed E-state index contributed by atoms with van der Waals surface area (Å²) in [6, 6.07) is 0.184. The van der Waals surface area contributed by atoms with Gasteiger partial charge in [0, 0.05) is 14.2 Å². The molecule has 0 saturated heterocycles. The molecule has 1 atom stereocenters. The lowest BCUT2D eigenvalue weighted by Gasteiger charge is -2.29. The van der Waals surface area contributed by atoms with Crippen molar-refractivity contribution in [1.29, 1.82) is 0 Å². The van der Waals surface area contributed by atoms with E-state index in [0.29, 0.717) is 6.61 Å². The monoisotopic (exact) mass is 347 g/mol. The van der Waals surface area contributed by atoms with Crippen LogP contribution in [0.25, 0.3) is 0 Å². The number of hydrogen-bond acceptors (Lipinski definition) is 4. The first kappa shape index (κ1) is 17.6. The Hall–Kier alpha value is -0.430. The van der Waals surface area contributed by atoms with E-state index in [4.69, 9.17) is 9.47 Å². The molecule has 0 radical (unpaired) electrons. The molecule has 5 nitrogen and oxygen atoms in total. The van der Waals surface area contributed by atoms with Crippen LogP contribution in [0.3, 0.4) is 0 Å². The van der Waals surface area contributed by atoms with E-state index in [1.54, 1.807) is 14.2 Å². The largest absolute Gasteiger partial charge is 0.383 e. The molecule has 1 N–H and O–H groups in total. The summed E-state index contributed by atoms with van der Waals surface area (Å²) < 4.78 is 13.7. The van der Waals surface area contributed by atoms with Gasteiger partial charge in [0.1, 0.15) is 0 Å². The summed E-state index contributed by atoms with van der Waals surface area (Å²) in [5, 5.41) is 7.94. The van der Waals surface area contributed by atoms with Crippen molar-refractivity contribution in [2.24, 2.45) is 0 Å². The first-order chi connectivity index (χ1) is 9.45. The van der Waals surface area contributed by atoms with Gasteiger partial charge in [-0.2, -0.15) is 5.10 Å². The van der Waals surface area contributed by atoms with Crippen LogP contribution < -0.4 is 5.32 Å². The second kappa shape index (κ2) is 8.12. The Morgan fingerprint density at radius 3 is 2.70 bits per heavy atom. The summed E-state index contributed by atoms with van der Waals surface area (Å²) in [6.07, 6.45) is 2.71. The molecule has 6 heteroatoms. The van der Waals surface area contributed by atoms with Crippen molar-refractivity contribution < 1.29 is 9.47 Å². The molecule has 1 rings (SSSR count). The summed E-state index contributed by atoms with van der Waals surface area (Å²) >= 11 is 3.60. The fourth-order valence-corrected chi connectivity index (χ4v) is 2.73. The van der Waals surface area contributed by atoms with Gasteiger partial charge in [-0.3, -0.25) is 4.68 Å². The van der Waals surface area contributed by atoms with Gasteiger partial charge < -0.3 is 14.8 Å². The van der Waals surface area contributed by atoms with Crippen molar-refractivity contribution in [3.8, 4) is 0 Å². The minimum atomic E-state index is -0.192. The van der Waals surface area contributed by atoms with E-state index in [9.17, 15) is 0 Å². The maximum Gasteiger partial charge on any atom is 0.0697 e. The number of nitrogens with zero attached hydrogens (tertiary/aromatic N) is 2. The lowest BCUT2D eigenvalue weighted by molar-refractivity contribution is 0.00611. The van der Waals surface area contributed by atoms with Crippen molar-refractivity contribution in [3.05, 3.63) is 16.4 Å². The molecule has 1 aromatic heterocycles. The molecule has 0 amide bonds. The van der Waals surface area contributed by atoms with Crippen LogP contribution in [-0.4, -0.2) is 42.8 Å². The van der Waals surface area contributed by atoms with Crippen LogP contribution in [0, 0.1) is 0 Å². The van der Waals surface area contributed by atoms with E-state index in [-0.39, 0.29) is 11.6 Å². The van der Waals surface area contributed by atoms with Gasteiger partial charge in [-0.1, -0.05) is 6.92 Å². The predicted octanol–water partition coefficient (Wildman–Crippen LogP) is 2.76. The zero-order chi connectivity index (χ0) is 15.2. The molecule has 0 bridgehead atoms. The normalized spacial score (nSPS) is 13.7. The number of ether oxygens (including phenoxy) is 2. The molecule has 0 saturated carbocycles. The van der Waals surface area contributed by atoms with Gasteiger partial charge in [-0.05, 0) is 42.7 Å². The maximum atomic E-state index is 5.56. The summed E-state index contributed by atoms with van der Waals surface area (Å²) in [6.45, 7) is 8.59. The smallest absolute Gasteiger partial charge is 0.0697 e. The Bertz CT molecular complexity index is 407. The third-order valence-electron chi connectivity index (χ3n) is 3.37. The molecule has 0 fully saturated rings. The first-order valence-corrected chi connectivity index (χ1v) is 7.73. The highest BCUT2D eigenvalue weighted by Crippen LogP contribution is 2.30. The fraction of sp³-hybridized carbons (Fsp3) is 0.786. The fourth-order valence-electron chi connectivity index (χ4n) is 2.16. The molecule has 0 aliphatic carbocycles. The molecule has 20 heavy (non-hydrogen) atoms. The van der Waals surface area contributed by atoms with E-state index in [0.717, 1.165) is 29.7 Å². The standard InChI is InChI=1S/C14H26BrN3O2/c1-6-16-12(9-14(2,3)20-5)13-11(15)10-17-18(13)7-8-19-4/h10,12,16H,6-9H2,1-5H3. The van der Waals surface area contributed by atoms with Gasteiger partial charge in [-0.25, -0.2) is 0 Å². The summed E-state index contributed by atoms with van der Waals surface area (Å²) in [5.74, 6) is 0. The highest BCUT2D eigenvalue weighted by atomic mass is 79.9. The molecule has 1 heterocycles. The number of halogens is 1. The average Bonchev–Trinajstić information content (AvgIpc) is 2.77. The van der Waals surface area contributed by atoms with Crippen molar-refractivity contribution in [1.82, 2.24) is 15.1 Å². The van der Waals surface area contributed by atoms with E-state index < -0.39 is 0 Å². The number of hydrogen-bond donors (Lipinski definition) is 1. The molecular formula is C14H26BrN3O2. The van der Waals surface area contributed by atoms with Gasteiger partial charge in [0.05, 0.1) is 41.2 Å². The molecule has 1 unspecified atom stereocenters. The van der Waals surface area contributed by atoms with Crippen LogP contribution in [0.4, 0.5) is 0 Å². The zero-order valence-corrected chi connectivity index (χ0v) is 14.7. The molecule has 1 aromatic rings. The molecule has 0 spiro atoms. The second-order valence-corrected chi connectivity index (χ2v) is 6.23. The van der Waals surface area contributed by atoms with Crippen LogP contribution in [0.5, 0.6) is 0 Å². The Morgan fingerprint density at radius 1 is 1.45 bits per heavy atom. The highest BCUT2D eigenvalue weighted by Gasteiger charge is 2.27. The topological polar surface area (TPSA) is 48.3 Å². The van der Waals surface area contributed by atoms with Crippen molar-refractivity contribution >= 4 is 15.9 Å². The van der Waals surface area contributed by atoms with Gasteiger partial charge in [0.25, 0.3) is 0 Å². The van der Waals surface area contributed by atoms with Gasteiger partial charge in [0.2, 0.25) is 0 Å². The summed E-state index contributed by atoms with van der Waals surface area (Å²) in [5.41, 5.74) is 0.955. The van der Waals surface area contributed by atoms with E-state index in [1.807, 2.05) is 10.9 Å². The van der Waals surface area contributed by atoms with Gasteiger partial charge in [0.15, 0.2) is 0 Å². The van der Waals surface area contributed by atoms with Crippen LogP contribution in [-0.2, 0) is 16.0 Å². The van der Waals surface area contributed by atoms with Crippen LogP contribution in [0.2, 0.25) is 0 Å². The lowest BCUT2D eigenvalue weighted by atomic mass is 9.96. The number of rotatable bonds is 9. The Kier molecular flexibility index (Phi) is 7.15. The molecular weight excluding hydrogens is 322 g/mol. The quantitative estimate of drug-likeness (QED) is 0.746. The summed E-state index contributed by atoms with van der Waals surface area (Å²) in [4.78, 5) is 0.